The van der Waals surface area contributed by atoms with Crippen molar-refractivity contribution in [2.45, 2.75) is 19.1 Å². The van der Waals surface area contributed by atoms with Crippen molar-refractivity contribution in [1.29, 1.82) is 0 Å². The molecule has 0 bridgehead atoms. The maximum Gasteiger partial charge on any atom is 0.326 e. The third kappa shape index (κ3) is 7.50. The van der Waals surface area contributed by atoms with E-state index >= 15 is 0 Å². The Morgan fingerprint density at radius 3 is 2.39 bits per heavy atom. The minimum Gasteiger partial charge on any atom is -0.493 e. The molecule has 0 aliphatic rings. The van der Waals surface area contributed by atoms with Crippen molar-refractivity contribution in [3.05, 3.63) is 100 Å². The summed E-state index contributed by atoms with van der Waals surface area (Å²) in [5, 5.41) is 12.0. The molecule has 0 aliphatic carbocycles. The SMILES string of the molecule is COc1cc(/C=C/C(=O)N[C@@H](Cc2ccccc2)C(=O)O)ccc1OCc1ccc(Br)cc1. The average Bonchev–Trinajstić information content (AvgIpc) is 2.82. The van der Waals surface area contributed by atoms with E-state index in [0.29, 0.717) is 23.7 Å². The van der Waals surface area contributed by atoms with Crippen LogP contribution in [0.25, 0.3) is 6.08 Å². The Balaban J connectivity index is 1.61. The van der Waals surface area contributed by atoms with Crippen LogP contribution in [0.15, 0.2) is 83.3 Å². The highest BCUT2D eigenvalue weighted by molar-refractivity contribution is 9.10. The van der Waals surface area contributed by atoms with Gasteiger partial charge in [-0.1, -0.05) is 64.5 Å². The zero-order chi connectivity index (χ0) is 23.6. The summed E-state index contributed by atoms with van der Waals surface area (Å²) in [5.41, 5.74) is 2.56. The van der Waals surface area contributed by atoms with Crippen molar-refractivity contribution >= 4 is 33.9 Å². The summed E-state index contributed by atoms with van der Waals surface area (Å²) >= 11 is 3.41. The highest BCUT2D eigenvalue weighted by Crippen LogP contribution is 2.29. The van der Waals surface area contributed by atoms with Gasteiger partial charge >= 0.3 is 5.97 Å². The fraction of sp³-hybridized carbons (Fsp3) is 0.154. The predicted molar refractivity (Wildman–Crippen MR) is 130 cm³/mol. The van der Waals surface area contributed by atoms with Crippen molar-refractivity contribution in [2.24, 2.45) is 0 Å². The van der Waals surface area contributed by atoms with Crippen LogP contribution in [0, 0.1) is 0 Å². The number of ether oxygens (including phenoxy) is 2. The number of rotatable bonds is 10. The molecule has 33 heavy (non-hydrogen) atoms. The van der Waals surface area contributed by atoms with E-state index in [4.69, 9.17) is 9.47 Å². The van der Waals surface area contributed by atoms with Crippen molar-refractivity contribution < 1.29 is 24.2 Å². The molecule has 0 radical (unpaired) electrons. The molecule has 0 fully saturated rings. The molecule has 0 saturated heterocycles. The Kier molecular flexibility index (Phi) is 8.66. The Morgan fingerprint density at radius 2 is 1.73 bits per heavy atom. The summed E-state index contributed by atoms with van der Waals surface area (Å²) in [7, 11) is 1.54. The minimum atomic E-state index is -1.09. The molecule has 3 aromatic rings. The topological polar surface area (TPSA) is 84.9 Å². The number of methoxy groups -OCH3 is 1. The molecule has 0 spiro atoms. The standard InChI is InChI=1S/C26H24BrNO5/c1-32-24-16-19(9-13-23(24)33-17-20-7-11-21(27)12-8-20)10-14-25(29)28-22(26(30)31)15-18-5-3-2-4-6-18/h2-14,16,22H,15,17H2,1H3,(H,28,29)(H,30,31)/b14-10+/t22-/m0/s1. The van der Waals surface area contributed by atoms with Gasteiger partial charge in [0.25, 0.3) is 0 Å². The lowest BCUT2D eigenvalue weighted by Gasteiger charge is -2.13. The van der Waals surface area contributed by atoms with Gasteiger partial charge in [0.15, 0.2) is 11.5 Å². The third-order valence-corrected chi connectivity index (χ3v) is 5.35. The van der Waals surface area contributed by atoms with E-state index in [1.54, 1.807) is 31.4 Å². The number of carbonyl (C=O) groups is 2. The molecule has 0 saturated carbocycles. The van der Waals surface area contributed by atoms with E-state index in [1.165, 1.54) is 6.08 Å². The van der Waals surface area contributed by atoms with Crippen LogP contribution in [0.1, 0.15) is 16.7 Å². The number of carboxylic acids is 1. The first-order valence-corrected chi connectivity index (χ1v) is 11.0. The Labute approximate surface area is 201 Å². The van der Waals surface area contributed by atoms with Gasteiger partial charge in [0.1, 0.15) is 12.6 Å². The van der Waals surface area contributed by atoms with Crippen LogP contribution in [0.4, 0.5) is 0 Å². The molecule has 170 valence electrons. The fourth-order valence-electron chi connectivity index (χ4n) is 3.09. The van der Waals surface area contributed by atoms with Crippen molar-refractivity contribution in [3.8, 4) is 11.5 Å². The summed E-state index contributed by atoms with van der Waals surface area (Å²) in [4.78, 5) is 23.8. The Hall–Kier alpha value is -3.58. The summed E-state index contributed by atoms with van der Waals surface area (Å²) in [5.74, 6) is -0.472. The molecule has 3 rings (SSSR count). The Bertz CT molecular complexity index is 1110. The molecule has 6 nitrogen and oxygen atoms in total. The highest BCUT2D eigenvalue weighted by atomic mass is 79.9. The van der Waals surface area contributed by atoms with Crippen LogP contribution in [-0.2, 0) is 22.6 Å². The molecule has 3 aromatic carbocycles. The second-order valence-corrected chi connectivity index (χ2v) is 8.16. The van der Waals surface area contributed by atoms with Gasteiger partial charge in [-0.3, -0.25) is 4.79 Å². The number of benzene rings is 3. The molecular formula is C26H24BrNO5. The van der Waals surface area contributed by atoms with Crippen LogP contribution in [0.2, 0.25) is 0 Å². The normalized spacial score (nSPS) is 11.7. The molecule has 0 unspecified atom stereocenters. The zero-order valence-corrected chi connectivity index (χ0v) is 19.6. The van der Waals surface area contributed by atoms with Gasteiger partial charge in [0, 0.05) is 17.0 Å². The lowest BCUT2D eigenvalue weighted by Crippen LogP contribution is -2.41. The predicted octanol–water partition coefficient (Wildman–Crippen LogP) is 4.86. The first-order chi connectivity index (χ1) is 15.9. The van der Waals surface area contributed by atoms with Gasteiger partial charge in [-0.15, -0.1) is 0 Å². The number of hydrogen-bond acceptors (Lipinski definition) is 4. The van der Waals surface area contributed by atoms with Crippen LogP contribution >= 0.6 is 15.9 Å². The summed E-state index contributed by atoms with van der Waals surface area (Å²) in [6, 6.07) is 21.3. The first-order valence-electron chi connectivity index (χ1n) is 10.2. The van der Waals surface area contributed by atoms with Crippen molar-refractivity contribution in [1.82, 2.24) is 5.32 Å². The molecule has 7 heteroatoms. The Morgan fingerprint density at radius 1 is 1.00 bits per heavy atom. The van der Waals surface area contributed by atoms with Gasteiger partial charge in [-0.2, -0.15) is 0 Å². The number of carboxylic acid groups (broad SMARTS) is 1. The maximum atomic E-state index is 12.3. The lowest BCUT2D eigenvalue weighted by atomic mass is 10.1. The van der Waals surface area contributed by atoms with Crippen LogP contribution in [0.3, 0.4) is 0 Å². The fourth-order valence-corrected chi connectivity index (χ4v) is 3.35. The molecule has 2 N–H and O–H groups in total. The number of hydrogen-bond donors (Lipinski definition) is 2. The maximum absolute atomic E-state index is 12.3. The van der Waals surface area contributed by atoms with Crippen LogP contribution in [0.5, 0.6) is 11.5 Å². The average molecular weight is 510 g/mol. The van der Waals surface area contributed by atoms with Crippen molar-refractivity contribution in [2.75, 3.05) is 7.11 Å². The van der Waals surface area contributed by atoms with Gasteiger partial charge in [-0.05, 0) is 47.0 Å². The first kappa shape index (κ1) is 24.1. The molecule has 0 heterocycles. The second kappa shape index (κ2) is 11.9. The van der Waals surface area contributed by atoms with Crippen LogP contribution in [-0.4, -0.2) is 30.1 Å². The number of nitrogens with one attached hydrogen (secondary N) is 1. The van der Waals surface area contributed by atoms with E-state index in [-0.39, 0.29) is 6.42 Å². The smallest absolute Gasteiger partial charge is 0.326 e. The molecule has 1 amide bonds. The molecule has 1 atom stereocenters. The number of aliphatic carboxylic acids is 1. The molecular weight excluding hydrogens is 486 g/mol. The molecule has 0 aromatic heterocycles. The largest absolute Gasteiger partial charge is 0.493 e. The quantitative estimate of drug-likeness (QED) is 0.381. The number of halogens is 1. The minimum absolute atomic E-state index is 0.202. The van der Waals surface area contributed by atoms with Gasteiger partial charge in [0.05, 0.1) is 7.11 Å². The van der Waals surface area contributed by atoms with E-state index in [0.717, 1.165) is 15.6 Å². The van der Waals surface area contributed by atoms with Crippen molar-refractivity contribution in [3.63, 3.8) is 0 Å². The van der Waals surface area contributed by atoms with E-state index in [9.17, 15) is 14.7 Å². The monoisotopic (exact) mass is 509 g/mol. The van der Waals surface area contributed by atoms with Gasteiger partial charge in [0.2, 0.25) is 5.91 Å². The summed E-state index contributed by atoms with van der Waals surface area (Å²) in [6.45, 7) is 0.388. The second-order valence-electron chi connectivity index (χ2n) is 7.25. The van der Waals surface area contributed by atoms with Crippen LogP contribution < -0.4 is 14.8 Å². The summed E-state index contributed by atoms with van der Waals surface area (Å²) in [6.07, 6.45) is 3.10. The summed E-state index contributed by atoms with van der Waals surface area (Å²) < 4.78 is 12.3. The van der Waals surface area contributed by atoms with Gasteiger partial charge < -0.3 is 19.9 Å². The van der Waals surface area contributed by atoms with E-state index < -0.39 is 17.9 Å². The highest BCUT2D eigenvalue weighted by Gasteiger charge is 2.19. The van der Waals surface area contributed by atoms with Gasteiger partial charge in [-0.25, -0.2) is 4.79 Å². The van der Waals surface area contributed by atoms with E-state index in [2.05, 4.69) is 21.2 Å². The molecule has 0 aliphatic heterocycles. The number of carbonyl (C=O) groups excluding carboxylic acids is 1. The number of amides is 1. The van der Waals surface area contributed by atoms with E-state index in [1.807, 2.05) is 54.6 Å². The zero-order valence-electron chi connectivity index (χ0n) is 18.0. The third-order valence-electron chi connectivity index (χ3n) is 4.82. The lowest BCUT2D eigenvalue weighted by molar-refractivity contribution is -0.141.